The second-order valence-electron chi connectivity index (χ2n) is 6.63. The van der Waals surface area contributed by atoms with Crippen LogP contribution in [0.1, 0.15) is 53.3 Å². The van der Waals surface area contributed by atoms with Crippen molar-refractivity contribution >= 4 is 0 Å². The van der Waals surface area contributed by atoms with Gasteiger partial charge < -0.3 is 5.73 Å². The highest BCUT2D eigenvalue weighted by atomic mass is 14.6. The average molecular weight is 281 g/mol. The third-order valence-corrected chi connectivity index (χ3v) is 4.00. The molecule has 0 amide bonds. The van der Waals surface area contributed by atoms with Gasteiger partial charge in [0, 0.05) is 0 Å². The Balaban J connectivity index is 2.38. The Morgan fingerprint density at radius 3 is 2.14 bits per heavy atom. The number of hydrogen-bond donors (Lipinski definition) is 1. The van der Waals surface area contributed by atoms with Gasteiger partial charge in [-0.3, -0.25) is 0 Å². The molecular weight excluding hydrogens is 254 g/mol. The molecule has 0 aromatic heterocycles. The Morgan fingerprint density at radius 1 is 0.952 bits per heavy atom. The van der Waals surface area contributed by atoms with Crippen LogP contribution >= 0.6 is 0 Å². The van der Waals surface area contributed by atoms with Gasteiger partial charge in [-0.25, -0.2) is 0 Å². The molecule has 21 heavy (non-hydrogen) atoms. The molecule has 0 aliphatic rings. The molecular formula is C20H27N. The molecule has 0 heterocycles. The molecule has 0 aliphatic heterocycles. The molecule has 1 unspecified atom stereocenters. The fraction of sp³-hybridized carbons (Fsp3) is 0.400. The summed E-state index contributed by atoms with van der Waals surface area (Å²) >= 11 is 0. The zero-order valence-corrected chi connectivity index (χ0v) is 13.9. The van der Waals surface area contributed by atoms with Crippen LogP contribution in [0, 0.1) is 26.7 Å². The smallest absolute Gasteiger partial charge is 0.0556 e. The van der Waals surface area contributed by atoms with Crippen molar-refractivity contribution in [3.63, 3.8) is 0 Å². The SMILES string of the molecule is Cc1cc(C)c(C(N)c2cccc(CC(C)C)c2)c(C)c1. The monoisotopic (exact) mass is 281 g/mol. The molecule has 0 saturated heterocycles. The Morgan fingerprint density at radius 2 is 1.57 bits per heavy atom. The Labute approximate surface area is 129 Å². The van der Waals surface area contributed by atoms with Crippen molar-refractivity contribution in [1.29, 1.82) is 0 Å². The van der Waals surface area contributed by atoms with Gasteiger partial charge >= 0.3 is 0 Å². The minimum absolute atomic E-state index is 0.0438. The van der Waals surface area contributed by atoms with E-state index >= 15 is 0 Å². The van der Waals surface area contributed by atoms with Crippen molar-refractivity contribution in [3.05, 3.63) is 69.8 Å². The first-order valence-electron chi connectivity index (χ1n) is 7.80. The highest BCUT2D eigenvalue weighted by molar-refractivity contribution is 5.44. The van der Waals surface area contributed by atoms with Crippen LogP contribution in [0.3, 0.4) is 0 Å². The van der Waals surface area contributed by atoms with E-state index in [4.69, 9.17) is 5.73 Å². The highest BCUT2D eigenvalue weighted by Gasteiger charge is 2.15. The highest BCUT2D eigenvalue weighted by Crippen LogP contribution is 2.27. The standard InChI is InChI=1S/C20H27N/c1-13(2)9-17-7-6-8-18(12-17)20(21)19-15(4)10-14(3)11-16(19)5/h6-8,10-13,20H,9,21H2,1-5H3. The van der Waals surface area contributed by atoms with E-state index in [1.165, 1.54) is 33.4 Å². The van der Waals surface area contributed by atoms with Crippen molar-refractivity contribution in [2.24, 2.45) is 11.7 Å². The van der Waals surface area contributed by atoms with Crippen molar-refractivity contribution in [2.45, 2.75) is 47.1 Å². The van der Waals surface area contributed by atoms with Crippen LogP contribution in [0.15, 0.2) is 36.4 Å². The lowest BCUT2D eigenvalue weighted by molar-refractivity contribution is 0.646. The lowest BCUT2D eigenvalue weighted by Crippen LogP contribution is -2.15. The van der Waals surface area contributed by atoms with E-state index < -0.39 is 0 Å². The minimum atomic E-state index is -0.0438. The summed E-state index contributed by atoms with van der Waals surface area (Å²) in [5, 5.41) is 0. The molecule has 0 radical (unpaired) electrons. The molecule has 2 N–H and O–H groups in total. The molecule has 0 bridgehead atoms. The first-order chi connectivity index (χ1) is 9.88. The van der Waals surface area contributed by atoms with E-state index in [9.17, 15) is 0 Å². The van der Waals surface area contributed by atoms with E-state index in [2.05, 4.69) is 71.0 Å². The zero-order chi connectivity index (χ0) is 15.6. The maximum Gasteiger partial charge on any atom is 0.0556 e. The maximum absolute atomic E-state index is 6.57. The first kappa shape index (κ1) is 15.8. The second kappa shape index (κ2) is 6.44. The third kappa shape index (κ3) is 3.74. The van der Waals surface area contributed by atoms with Gasteiger partial charge in [0.25, 0.3) is 0 Å². The Hall–Kier alpha value is -1.60. The molecule has 1 atom stereocenters. The van der Waals surface area contributed by atoms with Crippen LogP contribution in [0.2, 0.25) is 0 Å². The summed E-state index contributed by atoms with van der Waals surface area (Å²) in [5.41, 5.74) is 14.3. The van der Waals surface area contributed by atoms with E-state index in [0.29, 0.717) is 5.92 Å². The van der Waals surface area contributed by atoms with Gasteiger partial charge in [-0.2, -0.15) is 0 Å². The van der Waals surface area contributed by atoms with Gasteiger partial charge in [-0.1, -0.05) is 55.8 Å². The fourth-order valence-corrected chi connectivity index (χ4v) is 3.23. The predicted octanol–water partition coefficient (Wildman–Crippen LogP) is 4.86. The molecule has 0 aliphatic carbocycles. The summed E-state index contributed by atoms with van der Waals surface area (Å²) in [6.07, 6.45) is 1.10. The summed E-state index contributed by atoms with van der Waals surface area (Å²) in [6.45, 7) is 11.0. The van der Waals surface area contributed by atoms with Crippen molar-refractivity contribution < 1.29 is 0 Å². The van der Waals surface area contributed by atoms with Crippen LogP contribution in [0.25, 0.3) is 0 Å². The summed E-state index contributed by atoms with van der Waals surface area (Å²) in [5.74, 6) is 0.666. The summed E-state index contributed by atoms with van der Waals surface area (Å²) in [6, 6.07) is 13.1. The molecule has 2 aromatic rings. The van der Waals surface area contributed by atoms with E-state index in [1.807, 2.05) is 0 Å². The molecule has 2 rings (SSSR count). The lowest BCUT2D eigenvalue weighted by atomic mass is 9.89. The van der Waals surface area contributed by atoms with E-state index in [0.717, 1.165) is 6.42 Å². The average Bonchev–Trinajstić information content (AvgIpc) is 2.36. The van der Waals surface area contributed by atoms with Crippen molar-refractivity contribution in [2.75, 3.05) is 0 Å². The summed E-state index contributed by atoms with van der Waals surface area (Å²) < 4.78 is 0. The number of aryl methyl sites for hydroxylation is 3. The minimum Gasteiger partial charge on any atom is -0.320 e. The fourth-order valence-electron chi connectivity index (χ4n) is 3.23. The van der Waals surface area contributed by atoms with Crippen LogP contribution in [-0.2, 0) is 6.42 Å². The molecule has 2 aromatic carbocycles. The molecule has 1 nitrogen and oxygen atoms in total. The predicted molar refractivity (Wildman–Crippen MR) is 91.7 cm³/mol. The molecule has 0 fully saturated rings. The van der Waals surface area contributed by atoms with Crippen molar-refractivity contribution in [3.8, 4) is 0 Å². The number of benzene rings is 2. The van der Waals surface area contributed by atoms with Gasteiger partial charge in [-0.15, -0.1) is 0 Å². The maximum atomic E-state index is 6.57. The number of rotatable bonds is 4. The normalized spacial score (nSPS) is 12.7. The third-order valence-electron chi connectivity index (χ3n) is 4.00. The topological polar surface area (TPSA) is 26.0 Å². The Kier molecular flexibility index (Phi) is 4.84. The van der Waals surface area contributed by atoms with Gasteiger partial charge in [0.05, 0.1) is 6.04 Å². The first-order valence-corrected chi connectivity index (χ1v) is 7.80. The van der Waals surface area contributed by atoms with Crippen LogP contribution in [0.4, 0.5) is 0 Å². The molecule has 112 valence electrons. The Bertz CT molecular complexity index is 602. The van der Waals surface area contributed by atoms with Gasteiger partial charge in [0.2, 0.25) is 0 Å². The molecule has 0 saturated carbocycles. The van der Waals surface area contributed by atoms with Crippen molar-refractivity contribution in [1.82, 2.24) is 0 Å². The van der Waals surface area contributed by atoms with Gasteiger partial charge in [0.1, 0.15) is 0 Å². The summed E-state index contributed by atoms with van der Waals surface area (Å²) in [4.78, 5) is 0. The number of nitrogens with two attached hydrogens (primary N) is 1. The van der Waals surface area contributed by atoms with Crippen LogP contribution in [-0.4, -0.2) is 0 Å². The van der Waals surface area contributed by atoms with E-state index in [-0.39, 0.29) is 6.04 Å². The largest absolute Gasteiger partial charge is 0.320 e. The second-order valence-corrected chi connectivity index (χ2v) is 6.63. The quantitative estimate of drug-likeness (QED) is 0.851. The van der Waals surface area contributed by atoms with Gasteiger partial charge in [-0.05, 0) is 60.9 Å². The lowest BCUT2D eigenvalue weighted by Gasteiger charge is -2.20. The zero-order valence-electron chi connectivity index (χ0n) is 13.9. The molecule has 0 spiro atoms. The van der Waals surface area contributed by atoms with Gasteiger partial charge in [0.15, 0.2) is 0 Å². The summed E-state index contributed by atoms with van der Waals surface area (Å²) in [7, 11) is 0. The van der Waals surface area contributed by atoms with E-state index in [1.54, 1.807) is 0 Å². The number of hydrogen-bond acceptors (Lipinski definition) is 1. The van der Waals surface area contributed by atoms with Crippen LogP contribution in [0.5, 0.6) is 0 Å². The van der Waals surface area contributed by atoms with Crippen LogP contribution < -0.4 is 5.73 Å². The molecule has 1 heteroatoms.